The van der Waals surface area contributed by atoms with Crippen LogP contribution in [0.2, 0.25) is 0 Å². The third kappa shape index (κ3) is 11.3. The summed E-state index contributed by atoms with van der Waals surface area (Å²) < 4.78 is 12.3. The number of anilines is 2. The first-order chi connectivity index (χ1) is 33.1. The van der Waals surface area contributed by atoms with Crippen LogP contribution < -0.4 is 19.3 Å². The summed E-state index contributed by atoms with van der Waals surface area (Å²) in [6, 6.07) is 38.1. The molecule has 8 aromatic rings. The number of carbonyl (C=O) groups is 4. The van der Waals surface area contributed by atoms with Crippen molar-refractivity contribution in [2.24, 2.45) is 0 Å². The zero-order valence-corrected chi connectivity index (χ0v) is 41.1. The van der Waals surface area contributed by atoms with E-state index < -0.39 is 0 Å². The van der Waals surface area contributed by atoms with Gasteiger partial charge in [-0.25, -0.2) is 0 Å². The molecule has 0 saturated carbocycles. The predicted molar refractivity (Wildman–Crippen MR) is 281 cm³/mol. The van der Waals surface area contributed by atoms with Crippen LogP contribution in [-0.2, 0) is 0 Å². The molecule has 348 valence electrons. The van der Waals surface area contributed by atoms with Crippen molar-refractivity contribution < 1.29 is 38.9 Å². The number of rotatable bonds is 8. The molecule has 2 aliphatic rings. The second kappa shape index (κ2) is 23.3. The maximum atomic E-state index is 11.3. The lowest BCUT2D eigenvalue weighted by atomic mass is 10.0. The standard InChI is InChI=1S/C17H19NO2.C16H17NO2.C12H9BrO2.C11H7BrO2/c1-20-17-8-5-13-11-14(18-9-3-2-4-10-18)6-7-15(13)16(17)12-19;18-11-15-14-6-5-13(17-8-2-1-3-9-17)10-12(14)4-7-16(15)19;1-15-12-5-2-8-6-9(13)3-4-10(8)11(12)7-14;12-8-2-3-9-7(5-8)1-4-11(14)10(9)6-13/h5-8,11-12H,2-4,9-10H2,1H3;4-7,10-11,19H,1-3,8-9H2;2-7H,1H3;1-6,14H. The average Bonchev–Trinajstić information content (AvgIpc) is 3.38. The first-order valence-electron chi connectivity index (χ1n) is 22.5. The molecular formula is C56H52Br2N2O8. The highest BCUT2D eigenvalue weighted by Crippen LogP contribution is 2.33. The van der Waals surface area contributed by atoms with E-state index >= 15 is 0 Å². The van der Waals surface area contributed by atoms with Gasteiger partial charge in [0.15, 0.2) is 25.1 Å². The molecule has 10 rings (SSSR count). The first kappa shape index (κ1) is 49.2. The Hall–Kier alpha value is -6.76. The molecule has 0 bridgehead atoms. The van der Waals surface area contributed by atoms with E-state index in [1.54, 1.807) is 32.4 Å². The zero-order valence-electron chi connectivity index (χ0n) is 37.9. The third-order valence-electron chi connectivity index (χ3n) is 12.4. The van der Waals surface area contributed by atoms with Crippen molar-refractivity contribution >= 4 is 111 Å². The lowest BCUT2D eigenvalue weighted by Gasteiger charge is -2.29. The highest BCUT2D eigenvalue weighted by molar-refractivity contribution is 9.10. The molecule has 0 unspecified atom stereocenters. The quantitative estimate of drug-likeness (QED) is 0.142. The van der Waals surface area contributed by atoms with Crippen LogP contribution in [0, 0.1) is 0 Å². The lowest BCUT2D eigenvalue weighted by Crippen LogP contribution is -2.29. The van der Waals surface area contributed by atoms with Crippen molar-refractivity contribution in [3.8, 4) is 23.0 Å². The molecule has 0 aromatic heterocycles. The van der Waals surface area contributed by atoms with Gasteiger partial charge < -0.3 is 29.5 Å². The molecule has 0 atom stereocenters. The third-order valence-corrected chi connectivity index (χ3v) is 13.4. The Morgan fingerprint density at radius 2 is 0.735 bits per heavy atom. The zero-order chi connectivity index (χ0) is 48.2. The molecule has 2 N–H and O–H groups in total. The molecule has 2 saturated heterocycles. The normalized spacial score (nSPS) is 13.3. The molecule has 12 heteroatoms. The summed E-state index contributed by atoms with van der Waals surface area (Å²) in [5, 5.41) is 26.6. The minimum Gasteiger partial charge on any atom is -0.507 e. The van der Waals surface area contributed by atoms with Gasteiger partial charge in [0.05, 0.1) is 36.5 Å². The maximum Gasteiger partial charge on any atom is 0.154 e. The summed E-state index contributed by atoms with van der Waals surface area (Å²) in [6.45, 7) is 4.46. The first-order valence-corrected chi connectivity index (χ1v) is 24.0. The Kier molecular flexibility index (Phi) is 16.8. The van der Waals surface area contributed by atoms with Crippen LogP contribution in [0.5, 0.6) is 23.0 Å². The van der Waals surface area contributed by atoms with Gasteiger partial charge in [0.2, 0.25) is 0 Å². The SMILES string of the molecule is COc1ccc2cc(Br)ccc2c1C=O.COc1ccc2cc(N3CCCCC3)ccc2c1C=O.O=Cc1c(O)ccc2cc(Br)ccc12.O=Cc1c(O)ccc2cc(N3CCCCC3)ccc12. The number of aldehydes is 4. The van der Waals surface area contributed by atoms with E-state index in [2.05, 4.69) is 59.9 Å². The summed E-state index contributed by atoms with van der Waals surface area (Å²) in [6.07, 6.45) is 10.8. The Morgan fingerprint density at radius 1 is 0.412 bits per heavy atom. The van der Waals surface area contributed by atoms with Gasteiger partial charge in [-0.1, -0.05) is 80.4 Å². The van der Waals surface area contributed by atoms with E-state index in [0.717, 1.165) is 97.1 Å². The van der Waals surface area contributed by atoms with Crippen molar-refractivity contribution in [2.45, 2.75) is 38.5 Å². The second-order valence-corrected chi connectivity index (χ2v) is 18.3. The summed E-state index contributed by atoms with van der Waals surface area (Å²) in [7, 11) is 3.16. The fourth-order valence-corrected chi connectivity index (χ4v) is 9.57. The van der Waals surface area contributed by atoms with Crippen molar-refractivity contribution in [1.29, 1.82) is 0 Å². The number of ether oxygens (including phenoxy) is 2. The van der Waals surface area contributed by atoms with Crippen LogP contribution in [0.3, 0.4) is 0 Å². The van der Waals surface area contributed by atoms with Crippen LogP contribution in [0.15, 0.2) is 130 Å². The van der Waals surface area contributed by atoms with Gasteiger partial charge in [-0.15, -0.1) is 0 Å². The second-order valence-electron chi connectivity index (χ2n) is 16.5. The van der Waals surface area contributed by atoms with E-state index in [4.69, 9.17) is 9.47 Å². The number of phenolic OH excluding ortho intramolecular Hbond substituents is 2. The number of piperidine rings is 2. The highest BCUT2D eigenvalue weighted by Gasteiger charge is 2.15. The summed E-state index contributed by atoms with van der Waals surface area (Å²) in [5.41, 5.74) is 4.41. The minimum atomic E-state index is 0.0230. The summed E-state index contributed by atoms with van der Waals surface area (Å²) in [4.78, 5) is 48.9. The molecule has 0 radical (unpaired) electrons. The van der Waals surface area contributed by atoms with Crippen molar-refractivity contribution in [3.63, 3.8) is 0 Å². The Bertz CT molecular complexity index is 3110. The number of fused-ring (bicyclic) bond motifs is 4. The van der Waals surface area contributed by atoms with E-state index in [9.17, 15) is 29.4 Å². The Balaban J connectivity index is 0.000000136. The lowest BCUT2D eigenvalue weighted by molar-refractivity contribution is 0.111. The van der Waals surface area contributed by atoms with Crippen LogP contribution in [-0.4, -0.2) is 75.8 Å². The van der Waals surface area contributed by atoms with Gasteiger partial charge in [-0.2, -0.15) is 0 Å². The fraction of sp³-hybridized carbons (Fsp3) is 0.214. The van der Waals surface area contributed by atoms with Crippen LogP contribution in [0.4, 0.5) is 11.4 Å². The van der Waals surface area contributed by atoms with Gasteiger partial charge >= 0.3 is 0 Å². The number of halogens is 2. The van der Waals surface area contributed by atoms with Gasteiger partial charge in [0.25, 0.3) is 0 Å². The number of carbonyl (C=O) groups excluding carboxylic acids is 4. The van der Waals surface area contributed by atoms with Crippen LogP contribution >= 0.6 is 31.9 Å². The molecular weight excluding hydrogens is 988 g/mol. The van der Waals surface area contributed by atoms with Crippen molar-refractivity contribution in [1.82, 2.24) is 0 Å². The molecule has 0 amide bonds. The van der Waals surface area contributed by atoms with E-state index in [1.165, 1.54) is 56.0 Å². The van der Waals surface area contributed by atoms with Crippen LogP contribution in [0.25, 0.3) is 43.1 Å². The maximum absolute atomic E-state index is 11.3. The van der Waals surface area contributed by atoms with Crippen molar-refractivity contribution in [2.75, 3.05) is 50.2 Å². The van der Waals surface area contributed by atoms with Gasteiger partial charge in [-0.3, -0.25) is 19.2 Å². The van der Waals surface area contributed by atoms with Crippen LogP contribution in [0.1, 0.15) is 80.0 Å². The molecule has 0 spiro atoms. The molecule has 10 nitrogen and oxygen atoms in total. The number of hydrogen-bond donors (Lipinski definition) is 2. The number of hydrogen-bond acceptors (Lipinski definition) is 10. The minimum absolute atomic E-state index is 0.0230. The Labute approximate surface area is 412 Å². The van der Waals surface area contributed by atoms with E-state index in [-0.39, 0.29) is 11.5 Å². The van der Waals surface area contributed by atoms with Gasteiger partial charge in [-0.05, 0) is 154 Å². The number of aromatic hydroxyl groups is 2. The molecule has 2 heterocycles. The summed E-state index contributed by atoms with van der Waals surface area (Å²) in [5.74, 6) is 1.32. The average molecular weight is 1040 g/mol. The molecule has 8 aromatic carbocycles. The predicted octanol–water partition coefficient (Wildman–Crippen LogP) is 13.5. The number of benzene rings is 8. The number of phenols is 2. The monoisotopic (exact) mass is 1040 g/mol. The fourth-order valence-electron chi connectivity index (χ4n) is 8.81. The van der Waals surface area contributed by atoms with Crippen molar-refractivity contribution in [3.05, 3.63) is 153 Å². The topological polar surface area (TPSA) is 134 Å². The number of methoxy groups -OCH3 is 2. The van der Waals surface area contributed by atoms with Gasteiger partial charge in [0, 0.05) is 46.5 Å². The van der Waals surface area contributed by atoms with E-state index in [1.807, 2.05) is 78.9 Å². The largest absolute Gasteiger partial charge is 0.507 e. The molecule has 68 heavy (non-hydrogen) atoms. The molecule has 2 aliphatic heterocycles. The molecule has 2 fully saturated rings. The number of nitrogens with zero attached hydrogens (tertiary/aromatic N) is 2. The highest BCUT2D eigenvalue weighted by atomic mass is 79.9. The van der Waals surface area contributed by atoms with Gasteiger partial charge in [0.1, 0.15) is 23.0 Å². The van der Waals surface area contributed by atoms with E-state index in [0.29, 0.717) is 40.0 Å². The smallest absolute Gasteiger partial charge is 0.154 e. The molecule has 0 aliphatic carbocycles. The Morgan fingerprint density at radius 3 is 1.09 bits per heavy atom. The summed E-state index contributed by atoms with van der Waals surface area (Å²) >= 11 is 6.74.